The summed E-state index contributed by atoms with van der Waals surface area (Å²) in [5.41, 5.74) is 3.35. The molecule has 3 aromatic rings. The second-order valence-corrected chi connectivity index (χ2v) is 5.28. The van der Waals surface area contributed by atoms with E-state index in [1.54, 1.807) is 0 Å². The number of pyridine rings is 1. The number of aryl methyl sites for hydroxylation is 1. The molecule has 0 saturated heterocycles. The number of hydrogen-bond donors (Lipinski definition) is 0. The van der Waals surface area contributed by atoms with E-state index in [2.05, 4.69) is 53.0 Å². The maximum Gasteiger partial charge on any atom is 0.120 e. The van der Waals surface area contributed by atoms with Crippen molar-refractivity contribution in [3.8, 4) is 5.75 Å². The first-order valence-electron chi connectivity index (χ1n) is 7.40. The molecule has 2 heterocycles. The summed E-state index contributed by atoms with van der Waals surface area (Å²) < 4.78 is 7.91. The molecule has 0 fully saturated rings. The number of ether oxygens (including phenoxy) is 1. The predicted octanol–water partition coefficient (Wildman–Crippen LogP) is 4.18. The lowest BCUT2D eigenvalue weighted by Gasteiger charge is -2.07. The van der Waals surface area contributed by atoms with E-state index in [9.17, 15) is 0 Å². The lowest BCUT2D eigenvalue weighted by molar-refractivity contribution is 0.318. The standard InChI is InChI=1S/C18H20N2O/c1-3-11-21-17-7-8-18-15(12-17)9-10-20(18)13-16-6-4-5-14(2)19-16/h4-10,12H,3,11,13H2,1-2H3. The summed E-state index contributed by atoms with van der Waals surface area (Å²) in [6.07, 6.45) is 3.14. The van der Waals surface area contributed by atoms with E-state index in [-0.39, 0.29) is 0 Å². The Morgan fingerprint density at radius 3 is 2.86 bits per heavy atom. The molecular formula is C18H20N2O. The summed E-state index contributed by atoms with van der Waals surface area (Å²) in [7, 11) is 0. The van der Waals surface area contributed by atoms with Gasteiger partial charge in [0.25, 0.3) is 0 Å². The average molecular weight is 280 g/mol. The van der Waals surface area contributed by atoms with Gasteiger partial charge in [0.05, 0.1) is 18.8 Å². The smallest absolute Gasteiger partial charge is 0.120 e. The summed E-state index contributed by atoms with van der Waals surface area (Å²) in [4.78, 5) is 4.57. The SMILES string of the molecule is CCCOc1ccc2c(ccn2Cc2cccc(C)n2)c1. The van der Waals surface area contributed by atoms with E-state index in [1.807, 2.05) is 19.1 Å². The highest BCUT2D eigenvalue weighted by molar-refractivity contribution is 5.81. The fraction of sp³-hybridized carbons (Fsp3) is 0.278. The molecule has 0 radical (unpaired) electrons. The lowest BCUT2D eigenvalue weighted by Crippen LogP contribution is -2.01. The Hall–Kier alpha value is -2.29. The Kier molecular flexibility index (Phi) is 3.91. The maximum atomic E-state index is 5.68. The van der Waals surface area contributed by atoms with Crippen LogP contribution in [-0.2, 0) is 6.54 Å². The fourth-order valence-electron chi connectivity index (χ4n) is 2.49. The largest absolute Gasteiger partial charge is 0.494 e. The van der Waals surface area contributed by atoms with Crippen molar-refractivity contribution in [1.29, 1.82) is 0 Å². The van der Waals surface area contributed by atoms with E-state index in [0.29, 0.717) is 0 Å². The minimum atomic E-state index is 0.763. The molecule has 0 spiro atoms. The van der Waals surface area contributed by atoms with Crippen molar-refractivity contribution in [2.45, 2.75) is 26.8 Å². The van der Waals surface area contributed by atoms with Gasteiger partial charge >= 0.3 is 0 Å². The monoisotopic (exact) mass is 280 g/mol. The van der Waals surface area contributed by atoms with Crippen LogP contribution >= 0.6 is 0 Å². The molecule has 3 nitrogen and oxygen atoms in total. The van der Waals surface area contributed by atoms with Crippen LogP contribution in [0.2, 0.25) is 0 Å². The molecule has 108 valence electrons. The van der Waals surface area contributed by atoms with Gasteiger partial charge in [-0.05, 0) is 49.7 Å². The Morgan fingerprint density at radius 2 is 2.05 bits per heavy atom. The lowest BCUT2D eigenvalue weighted by atomic mass is 10.2. The highest BCUT2D eigenvalue weighted by Crippen LogP contribution is 2.22. The van der Waals surface area contributed by atoms with Crippen LogP contribution in [0.15, 0.2) is 48.7 Å². The van der Waals surface area contributed by atoms with Crippen molar-refractivity contribution in [3.05, 3.63) is 60.0 Å². The maximum absolute atomic E-state index is 5.68. The molecule has 0 saturated carbocycles. The van der Waals surface area contributed by atoms with Gasteiger partial charge in [0.1, 0.15) is 5.75 Å². The summed E-state index contributed by atoms with van der Waals surface area (Å²) in [6.45, 7) is 5.69. The normalized spacial score (nSPS) is 11.0. The number of aromatic nitrogens is 2. The third kappa shape index (κ3) is 3.07. The van der Waals surface area contributed by atoms with Crippen LogP contribution in [0.4, 0.5) is 0 Å². The Bertz CT molecular complexity index is 746. The first-order chi connectivity index (χ1) is 10.3. The van der Waals surface area contributed by atoms with Gasteiger partial charge in [-0.2, -0.15) is 0 Å². The molecule has 1 aromatic carbocycles. The Labute approximate surface area is 125 Å². The topological polar surface area (TPSA) is 27.1 Å². The number of nitrogens with zero attached hydrogens (tertiary/aromatic N) is 2. The van der Waals surface area contributed by atoms with Gasteiger partial charge in [-0.3, -0.25) is 4.98 Å². The molecule has 0 bridgehead atoms. The van der Waals surface area contributed by atoms with Gasteiger partial charge in [-0.1, -0.05) is 13.0 Å². The zero-order valence-electron chi connectivity index (χ0n) is 12.5. The number of benzene rings is 1. The number of hydrogen-bond acceptors (Lipinski definition) is 2. The molecule has 3 rings (SSSR count). The van der Waals surface area contributed by atoms with Crippen molar-refractivity contribution in [2.24, 2.45) is 0 Å². The molecule has 0 amide bonds. The highest BCUT2D eigenvalue weighted by atomic mass is 16.5. The first kappa shape index (κ1) is 13.7. The van der Waals surface area contributed by atoms with Crippen molar-refractivity contribution in [2.75, 3.05) is 6.61 Å². The van der Waals surface area contributed by atoms with Crippen LogP contribution in [0.5, 0.6) is 5.75 Å². The van der Waals surface area contributed by atoms with Crippen LogP contribution in [-0.4, -0.2) is 16.2 Å². The van der Waals surface area contributed by atoms with Crippen molar-refractivity contribution in [1.82, 2.24) is 9.55 Å². The Morgan fingerprint density at radius 1 is 1.14 bits per heavy atom. The van der Waals surface area contributed by atoms with E-state index in [4.69, 9.17) is 4.74 Å². The van der Waals surface area contributed by atoms with Crippen molar-refractivity contribution >= 4 is 10.9 Å². The van der Waals surface area contributed by atoms with Crippen molar-refractivity contribution in [3.63, 3.8) is 0 Å². The molecule has 2 aromatic heterocycles. The number of rotatable bonds is 5. The molecule has 0 aliphatic rings. The zero-order valence-corrected chi connectivity index (χ0v) is 12.5. The van der Waals surface area contributed by atoms with E-state index in [1.165, 1.54) is 10.9 Å². The van der Waals surface area contributed by atoms with Crippen molar-refractivity contribution < 1.29 is 4.74 Å². The zero-order chi connectivity index (χ0) is 14.7. The first-order valence-corrected chi connectivity index (χ1v) is 7.40. The summed E-state index contributed by atoms with van der Waals surface area (Å²) in [6, 6.07) is 14.5. The second-order valence-electron chi connectivity index (χ2n) is 5.28. The van der Waals surface area contributed by atoms with Crippen LogP contribution < -0.4 is 4.74 Å². The van der Waals surface area contributed by atoms with Gasteiger partial charge < -0.3 is 9.30 Å². The van der Waals surface area contributed by atoms with E-state index in [0.717, 1.165) is 36.7 Å². The summed E-state index contributed by atoms with van der Waals surface area (Å²) in [5.74, 6) is 0.941. The molecule has 0 unspecified atom stereocenters. The summed E-state index contributed by atoms with van der Waals surface area (Å²) in [5, 5.41) is 1.20. The van der Waals surface area contributed by atoms with Gasteiger partial charge in [0.15, 0.2) is 0 Å². The van der Waals surface area contributed by atoms with Crippen LogP contribution in [0, 0.1) is 6.92 Å². The molecule has 0 N–H and O–H groups in total. The van der Waals surface area contributed by atoms with Gasteiger partial charge in [-0.25, -0.2) is 0 Å². The Balaban J connectivity index is 1.86. The number of fused-ring (bicyclic) bond motifs is 1. The third-order valence-corrected chi connectivity index (χ3v) is 3.49. The molecular weight excluding hydrogens is 260 g/mol. The molecule has 0 aliphatic carbocycles. The van der Waals surface area contributed by atoms with E-state index < -0.39 is 0 Å². The van der Waals surface area contributed by atoms with Gasteiger partial charge in [0.2, 0.25) is 0 Å². The highest BCUT2D eigenvalue weighted by Gasteiger charge is 2.04. The molecule has 21 heavy (non-hydrogen) atoms. The molecule has 0 aliphatic heterocycles. The van der Waals surface area contributed by atoms with Crippen LogP contribution in [0.1, 0.15) is 24.7 Å². The molecule has 3 heteroatoms. The second kappa shape index (κ2) is 6.00. The van der Waals surface area contributed by atoms with Gasteiger partial charge in [-0.15, -0.1) is 0 Å². The summed E-state index contributed by atoms with van der Waals surface area (Å²) >= 11 is 0. The minimum absolute atomic E-state index is 0.763. The molecule has 0 atom stereocenters. The quantitative estimate of drug-likeness (QED) is 0.701. The predicted molar refractivity (Wildman–Crippen MR) is 85.8 cm³/mol. The average Bonchev–Trinajstić information content (AvgIpc) is 2.87. The fourth-order valence-corrected chi connectivity index (χ4v) is 2.49. The van der Waals surface area contributed by atoms with E-state index >= 15 is 0 Å². The van der Waals surface area contributed by atoms with Crippen LogP contribution in [0.25, 0.3) is 10.9 Å². The van der Waals surface area contributed by atoms with Crippen LogP contribution in [0.3, 0.4) is 0 Å². The third-order valence-electron chi connectivity index (χ3n) is 3.49. The van der Waals surface area contributed by atoms with Gasteiger partial charge in [0, 0.05) is 22.8 Å². The minimum Gasteiger partial charge on any atom is -0.494 e.